The Kier molecular flexibility index (Phi) is 2.51. The molecule has 0 aliphatic carbocycles. The van der Waals surface area contributed by atoms with E-state index in [-0.39, 0.29) is 11.3 Å². The summed E-state index contributed by atoms with van der Waals surface area (Å²) in [5.41, 5.74) is -0.730. The van der Waals surface area contributed by atoms with Crippen LogP contribution in [0.5, 0.6) is 5.75 Å². The number of nitrogens with zero attached hydrogens (tertiary/aromatic N) is 1. The van der Waals surface area contributed by atoms with E-state index in [0.717, 1.165) is 12.1 Å². The summed E-state index contributed by atoms with van der Waals surface area (Å²) in [4.78, 5) is 10.5. The van der Waals surface area contributed by atoms with E-state index in [1.807, 2.05) is 0 Å². The molecule has 2 aromatic rings. The second kappa shape index (κ2) is 3.85. The maximum Gasteiger partial charge on any atom is 0.358 e. The first-order valence-corrected chi connectivity index (χ1v) is 4.37. The lowest BCUT2D eigenvalue weighted by Crippen LogP contribution is -1.94. The predicted molar refractivity (Wildman–Crippen MR) is 50.5 cm³/mol. The summed E-state index contributed by atoms with van der Waals surface area (Å²) in [5.74, 6) is -4.52. The molecule has 0 aliphatic rings. The van der Waals surface area contributed by atoms with Gasteiger partial charge in [0.25, 0.3) is 0 Å². The molecule has 17 heavy (non-hydrogen) atoms. The quantitative estimate of drug-likeness (QED) is 0.840. The van der Waals surface area contributed by atoms with Crippen LogP contribution in [0.25, 0.3) is 11.3 Å². The van der Waals surface area contributed by atoms with E-state index in [4.69, 9.17) is 5.11 Å². The minimum absolute atomic E-state index is 0.238. The van der Waals surface area contributed by atoms with Gasteiger partial charge in [0.2, 0.25) is 0 Å². The van der Waals surface area contributed by atoms with Gasteiger partial charge in [-0.15, -0.1) is 0 Å². The predicted octanol–water partition coefficient (Wildman–Crippen LogP) is 2.02. The molecular weight excluding hydrogens is 236 g/mol. The normalized spacial score (nSPS) is 10.5. The number of aromatic nitrogens is 1. The van der Waals surface area contributed by atoms with Crippen molar-refractivity contribution in [3.8, 4) is 17.1 Å². The van der Waals surface area contributed by atoms with Crippen molar-refractivity contribution in [3.05, 3.63) is 35.5 Å². The van der Waals surface area contributed by atoms with Crippen LogP contribution in [-0.2, 0) is 0 Å². The highest BCUT2D eigenvalue weighted by Gasteiger charge is 2.18. The monoisotopic (exact) mass is 241 g/mol. The van der Waals surface area contributed by atoms with Gasteiger partial charge < -0.3 is 14.7 Å². The number of carbonyl (C=O) groups is 1. The van der Waals surface area contributed by atoms with Crippen molar-refractivity contribution in [2.45, 2.75) is 0 Å². The van der Waals surface area contributed by atoms with Crippen LogP contribution in [0.3, 0.4) is 0 Å². The summed E-state index contributed by atoms with van der Waals surface area (Å²) >= 11 is 0. The molecule has 2 N–H and O–H groups in total. The van der Waals surface area contributed by atoms with Crippen LogP contribution in [0.1, 0.15) is 10.5 Å². The molecule has 0 unspecified atom stereocenters. The van der Waals surface area contributed by atoms with Gasteiger partial charge in [0.1, 0.15) is 5.82 Å². The van der Waals surface area contributed by atoms with Crippen molar-refractivity contribution < 1.29 is 28.3 Å². The number of carboxylic acid groups (broad SMARTS) is 1. The van der Waals surface area contributed by atoms with Gasteiger partial charge in [-0.1, -0.05) is 5.16 Å². The van der Waals surface area contributed by atoms with Crippen molar-refractivity contribution in [2.24, 2.45) is 0 Å². The Morgan fingerprint density at radius 2 is 2.00 bits per heavy atom. The Morgan fingerprint density at radius 3 is 2.59 bits per heavy atom. The van der Waals surface area contributed by atoms with E-state index in [1.165, 1.54) is 0 Å². The molecule has 0 fully saturated rings. The topological polar surface area (TPSA) is 83.6 Å². The average Bonchev–Trinajstić information content (AvgIpc) is 2.72. The maximum atomic E-state index is 13.0. The second-order valence-electron chi connectivity index (χ2n) is 3.17. The zero-order valence-corrected chi connectivity index (χ0v) is 8.15. The summed E-state index contributed by atoms with van der Waals surface area (Å²) in [6, 6.07) is 2.26. The van der Waals surface area contributed by atoms with Gasteiger partial charge in [-0.3, -0.25) is 0 Å². The first-order valence-electron chi connectivity index (χ1n) is 4.37. The van der Waals surface area contributed by atoms with Gasteiger partial charge in [-0.05, 0) is 6.07 Å². The van der Waals surface area contributed by atoms with Crippen molar-refractivity contribution >= 4 is 5.97 Å². The molecule has 1 aromatic carbocycles. The third-order valence-corrected chi connectivity index (χ3v) is 2.02. The first kappa shape index (κ1) is 11.1. The number of carboxylic acids is 1. The number of phenolic OH excluding ortho intramolecular Hbond substituents is 1. The van der Waals surface area contributed by atoms with Crippen LogP contribution < -0.4 is 0 Å². The highest BCUT2D eigenvalue weighted by molar-refractivity contribution is 5.86. The van der Waals surface area contributed by atoms with Gasteiger partial charge in [-0.2, -0.15) is 0 Å². The molecule has 0 atom stereocenters. The second-order valence-corrected chi connectivity index (χ2v) is 3.17. The van der Waals surface area contributed by atoms with Gasteiger partial charge in [0, 0.05) is 12.1 Å². The lowest BCUT2D eigenvalue weighted by Gasteiger charge is -2.01. The molecule has 0 bridgehead atoms. The van der Waals surface area contributed by atoms with E-state index in [9.17, 15) is 18.7 Å². The van der Waals surface area contributed by atoms with Crippen LogP contribution in [0.2, 0.25) is 0 Å². The summed E-state index contributed by atoms with van der Waals surface area (Å²) in [7, 11) is 0. The van der Waals surface area contributed by atoms with Gasteiger partial charge in [-0.25, -0.2) is 13.6 Å². The minimum atomic E-state index is -1.35. The van der Waals surface area contributed by atoms with Crippen LogP contribution in [-0.4, -0.2) is 21.3 Å². The average molecular weight is 241 g/mol. The number of hydrogen-bond donors (Lipinski definition) is 2. The summed E-state index contributed by atoms with van der Waals surface area (Å²) in [6.45, 7) is 0. The highest BCUT2D eigenvalue weighted by Crippen LogP contribution is 2.32. The number of aromatic carboxylic acids is 1. The van der Waals surface area contributed by atoms with Crippen molar-refractivity contribution in [1.29, 1.82) is 0 Å². The number of phenols is 1. The molecule has 0 amide bonds. The number of hydrogen-bond acceptors (Lipinski definition) is 4. The number of rotatable bonds is 2. The lowest BCUT2D eigenvalue weighted by molar-refractivity contribution is 0.0686. The lowest BCUT2D eigenvalue weighted by atomic mass is 10.1. The standard InChI is InChI=1S/C10H5F2NO4/c11-4-1-5(9(14)6(12)2-4)8-3-7(10(15)16)13-17-8/h1-3,14H,(H,15,16). The fourth-order valence-corrected chi connectivity index (χ4v) is 1.26. The fourth-order valence-electron chi connectivity index (χ4n) is 1.26. The molecule has 1 aromatic heterocycles. The van der Waals surface area contributed by atoms with Crippen molar-refractivity contribution in [2.75, 3.05) is 0 Å². The maximum absolute atomic E-state index is 13.0. The molecule has 0 saturated heterocycles. The van der Waals surface area contributed by atoms with Crippen LogP contribution in [0.15, 0.2) is 22.7 Å². The number of benzene rings is 1. The van der Waals surface area contributed by atoms with Crippen LogP contribution in [0.4, 0.5) is 8.78 Å². The van der Waals surface area contributed by atoms with Crippen LogP contribution >= 0.6 is 0 Å². The first-order chi connectivity index (χ1) is 7.99. The van der Waals surface area contributed by atoms with Gasteiger partial charge >= 0.3 is 5.97 Å². The molecule has 5 nitrogen and oxygen atoms in total. The molecular formula is C10H5F2NO4. The summed E-state index contributed by atoms with van der Waals surface area (Å²) < 4.78 is 30.5. The van der Waals surface area contributed by atoms with E-state index in [1.54, 1.807) is 0 Å². The van der Waals surface area contributed by atoms with Crippen molar-refractivity contribution in [3.63, 3.8) is 0 Å². The number of halogens is 2. The molecule has 0 saturated carbocycles. The van der Waals surface area contributed by atoms with E-state index in [2.05, 4.69) is 9.68 Å². The van der Waals surface area contributed by atoms with Crippen LogP contribution in [0, 0.1) is 11.6 Å². The summed E-state index contributed by atoms with van der Waals surface area (Å²) in [5, 5.41) is 21.1. The highest BCUT2D eigenvalue weighted by atomic mass is 19.1. The molecule has 1 heterocycles. The van der Waals surface area contributed by atoms with E-state index >= 15 is 0 Å². The smallest absolute Gasteiger partial charge is 0.358 e. The van der Waals surface area contributed by atoms with Gasteiger partial charge in [0.05, 0.1) is 5.56 Å². The third-order valence-electron chi connectivity index (χ3n) is 2.02. The molecule has 0 aliphatic heterocycles. The molecule has 0 radical (unpaired) electrons. The Morgan fingerprint density at radius 1 is 1.29 bits per heavy atom. The largest absolute Gasteiger partial charge is 0.504 e. The Hall–Kier alpha value is -2.44. The zero-order valence-electron chi connectivity index (χ0n) is 8.15. The molecule has 88 valence electrons. The third kappa shape index (κ3) is 1.94. The van der Waals surface area contributed by atoms with E-state index < -0.39 is 29.0 Å². The Balaban J connectivity index is 2.56. The summed E-state index contributed by atoms with van der Waals surface area (Å²) in [6.07, 6.45) is 0. The molecule has 2 rings (SSSR count). The Bertz CT molecular complexity index is 594. The van der Waals surface area contributed by atoms with Crippen molar-refractivity contribution in [1.82, 2.24) is 5.16 Å². The number of aromatic hydroxyl groups is 1. The van der Waals surface area contributed by atoms with E-state index in [0.29, 0.717) is 6.07 Å². The SMILES string of the molecule is O=C(O)c1cc(-c2cc(F)cc(F)c2O)on1. The zero-order chi connectivity index (χ0) is 12.6. The molecule has 0 spiro atoms. The fraction of sp³-hybridized carbons (Fsp3) is 0. The Labute approximate surface area is 92.9 Å². The minimum Gasteiger partial charge on any atom is -0.504 e. The van der Waals surface area contributed by atoms with Gasteiger partial charge in [0.15, 0.2) is 23.0 Å². The molecule has 7 heteroatoms.